The van der Waals surface area contributed by atoms with Gasteiger partial charge in [-0.15, -0.1) is 0 Å². The van der Waals surface area contributed by atoms with E-state index in [9.17, 15) is 0 Å². The lowest BCUT2D eigenvalue weighted by molar-refractivity contribution is 0.581. The number of nitrogens with two attached hydrogens (primary N) is 2. The molecule has 1 aromatic rings. The van der Waals surface area contributed by atoms with E-state index in [1.54, 1.807) is 6.20 Å². The molecule has 1 unspecified atom stereocenters. The first kappa shape index (κ1) is 10.1. The highest BCUT2D eigenvalue weighted by Gasteiger charge is 1.97. The van der Waals surface area contributed by atoms with Crippen molar-refractivity contribution >= 4 is 0 Å². The zero-order valence-electron chi connectivity index (χ0n) is 7.61. The van der Waals surface area contributed by atoms with Gasteiger partial charge in [0.2, 0.25) is 0 Å². The molecule has 4 nitrogen and oxygen atoms in total. The zero-order valence-corrected chi connectivity index (χ0v) is 7.61. The van der Waals surface area contributed by atoms with E-state index in [-0.39, 0.29) is 6.04 Å². The lowest BCUT2D eigenvalue weighted by Gasteiger charge is -2.09. The monoisotopic (exact) mass is 180 g/mol. The summed E-state index contributed by atoms with van der Waals surface area (Å²) in [4.78, 5) is 4.01. The molecule has 0 saturated heterocycles. The lowest BCUT2D eigenvalue weighted by atomic mass is 10.2. The summed E-state index contributed by atoms with van der Waals surface area (Å²) in [6.07, 6.45) is 3.59. The highest BCUT2D eigenvalue weighted by atomic mass is 14.9. The molecule has 0 radical (unpaired) electrons. The number of hydrogen-bond acceptors (Lipinski definition) is 4. The molecule has 0 aliphatic carbocycles. The van der Waals surface area contributed by atoms with Gasteiger partial charge in [-0.25, -0.2) is 0 Å². The van der Waals surface area contributed by atoms with E-state index < -0.39 is 0 Å². The van der Waals surface area contributed by atoms with Gasteiger partial charge in [0, 0.05) is 38.1 Å². The van der Waals surface area contributed by atoms with Crippen molar-refractivity contribution in [1.82, 2.24) is 10.3 Å². The Morgan fingerprint density at radius 1 is 1.54 bits per heavy atom. The minimum atomic E-state index is 0.0386. The second-order valence-corrected chi connectivity index (χ2v) is 2.99. The lowest BCUT2D eigenvalue weighted by Crippen LogP contribution is -2.39. The van der Waals surface area contributed by atoms with Gasteiger partial charge in [0.1, 0.15) is 0 Å². The number of nitrogens with one attached hydrogen (secondary N) is 1. The molecule has 0 saturated carbocycles. The van der Waals surface area contributed by atoms with Crippen LogP contribution in [0.1, 0.15) is 5.56 Å². The van der Waals surface area contributed by atoms with Crippen molar-refractivity contribution in [3.63, 3.8) is 0 Å². The Labute approximate surface area is 78.3 Å². The molecule has 13 heavy (non-hydrogen) atoms. The summed E-state index contributed by atoms with van der Waals surface area (Å²) >= 11 is 0. The van der Waals surface area contributed by atoms with Crippen LogP contribution in [0.2, 0.25) is 0 Å². The molecular weight excluding hydrogens is 164 g/mol. The van der Waals surface area contributed by atoms with Gasteiger partial charge in [0.25, 0.3) is 0 Å². The largest absolute Gasteiger partial charge is 0.329 e. The van der Waals surface area contributed by atoms with Crippen LogP contribution in [0.3, 0.4) is 0 Å². The van der Waals surface area contributed by atoms with Gasteiger partial charge >= 0.3 is 0 Å². The molecule has 0 bridgehead atoms. The van der Waals surface area contributed by atoms with Crippen molar-refractivity contribution in [2.24, 2.45) is 11.5 Å². The highest BCUT2D eigenvalue weighted by molar-refractivity contribution is 5.07. The van der Waals surface area contributed by atoms with Crippen molar-refractivity contribution in [2.45, 2.75) is 12.6 Å². The maximum Gasteiger partial charge on any atom is 0.0312 e. The van der Waals surface area contributed by atoms with Crippen LogP contribution in [-0.4, -0.2) is 24.1 Å². The van der Waals surface area contributed by atoms with E-state index in [0.29, 0.717) is 6.54 Å². The molecule has 0 spiro atoms. The van der Waals surface area contributed by atoms with Gasteiger partial charge in [-0.3, -0.25) is 4.98 Å². The second-order valence-electron chi connectivity index (χ2n) is 2.99. The predicted molar refractivity (Wildman–Crippen MR) is 53.0 cm³/mol. The average Bonchev–Trinajstić information content (AvgIpc) is 2.19. The molecule has 72 valence electrons. The first-order chi connectivity index (χ1) is 6.33. The van der Waals surface area contributed by atoms with E-state index >= 15 is 0 Å². The minimum Gasteiger partial charge on any atom is -0.329 e. The van der Waals surface area contributed by atoms with Crippen LogP contribution in [-0.2, 0) is 6.54 Å². The molecular formula is C9H16N4. The fourth-order valence-corrected chi connectivity index (χ4v) is 0.988. The third-order valence-corrected chi connectivity index (χ3v) is 1.76. The normalized spacial score (nSPS) is 12.8. The van der Waals surface area contributed by atoms with Gasteiger partial charge in [0.15, 0.2) is 0 Å². The standard InChI is InChI=1S/C9H16N4/c10-4-9(11)7-13-6-8-2-1-3-12-5-8/h1-3,5,9,13H,4,6-7,10-11H2. The van der Waals surface area contributed by atoms with E-state index in [2.05, 4.69) is 10.3 Å². The molecule has 4 heteroatoms. The summed E-state index contributed by atoms with van der Waals surface area (Å²) in [5, 5.41) is 3.21. The predicted octanol–water partition coefficient (Wildman–Crippen LogP) is -0.543. The van der Waals surface area contributed by atoms with Crippen molar-refractivity contribution in [3.05, 3.63) is 30.1 Å². The van der Waals surface area contributed by atoms with Crippen LogP contribution in [0, 0.1) is 0 Å². The molecule has 1 heterocycles. The van der Waals surface area contributed by atoms with Gasteiger partial charge in [0.05, 0.1) is 0 Å². The molecule has 0 fully saturated rings. The molecule has 1 atom stereocenters. The molecule has 0 aliphatic heterocycles. The van der Waals surface area contributed by atoms with Crippen LogP contribution in [0.15, 0.2) is 24.5 Å². The van der Waals surface area contributed by atoms with Crippen molar-refractivity contribution in [2.75, 3.05) is 13.1 Å². The summed E-state index contributed by atoms with van der Waals surface area (Å²) in [7, 11) is 0. The van der Waals surface area contributed by atoms with Gasteiger partial charge in [-0.05, 0) is 11.6 Å². The zero-order chi connectivity index (χ0) is 9.52. The smallest absolute Gasteiger partial charge is 0.0312 e. The number of hydrogen-bond donors (Lipinski definition) is 3. The quantitative estimate of drug-likeness (QED) is 0.568. The Morgan fingerprint density at radius 2 is 2.38 bits per heavy atom. The molecule has 1 aromatic heterocycles. The van der Waals surface area contributed by atoms with Crippen molar-refractivity contribution in [3.8, 4) is 0 Å². The van der Waals surface area contributed by atoms with Crippen molar-refractivity contribution < 1.29 is 0 Å². The second kappa shape index (κ2) is 5.64. The third kappa shape index (κ3) is 3.98. The molecule has 0 aromatic carbocycles. The van der Waals surface area contributed by atoms with Crippen LogP contribution < -0.4 is 16.8 Å². The Kier molecular flexibility index (Phi) is 4.39. The average molecular weight is 180 g/mol. The Hall–Kier alpha value is -0.970. The van der Waals surface area contributed by atoms with Gasteiger partial charge in [-0.2, -0.15) is 0 Å². The third-order valence-electron chi connectivity index (χ3n) is 1.76. The first-order valence-corrected chi connectivity index (χ1v) is 4.38. The summed E-state index contributed by atoms with van der Waals surface area (Å²) in [5.41, 5.74) is 12.2. The molecule has 0 amide bonds. The van der Waals surface area contributed by atoms with E-state index in [0.717, 1.165) is 18.7 Å². The van der Waals surface area contributed by atoms with E-state index in [4.69, 9.17) is 11.5 Å². The van der Waals surface area contributed by atoms with Crippen LogP contribution >= 0.6 is 0 Å². The molecule has 1 rings (SSSR count). The highest BCUT2D eigenvalue weighted by Crippen LogP contribution is 1.93. The van der Waals surface area contributed by atoms with Gasteiger partial charge in [-0.1, -0.05) is 6.07 Å². The topological polar surface area (TPSA) is 77.0 Å². The SMILES string of the molecule is NCC(N)CNCc1cccnc1. The fourth-order valence-electron chi connectivity index (χ4n) is 0.988. The number of pyridine rings is 1. The summed E-state index contributed by atoms with van der Waals surface area (Å²) in [6.45, 7) is 2.05. The minimum absolute atomic E-state index is 0.0386. The molecule has 5 N–H and O–H groups in total. The van der Waals surface area contributed by atoms with Crippen LogP contribution in [0.4, 0.5) is 0 Å². The number of rotatable bonds is 5. The van der Waals surface area contributed by atoms with E-state index in [1.165, 1.54) is 0 Å². The van der Waals surface area contributed by atoms with Crippen LogP contribution in [0.5, 0.6) is 0 Å². The number of aromatic nitrogens is 1. The first-order valence-electron chi connectivity index (χ1n) is 4.38. The summed E-state index contributed by atoms with van der Waals surface area (Å²) in [5.74, 6) is 0. The Balaban J connectivity index is 2.20. The van der Waals surface area contributed by atoms with E-state index in [1.807, 2.05) is 18.3 Å². The maximum absolute atomic E-state index is 5.63. The number of nitrogens with zero attached hydrogens (tertiary/aromatic N) is 1. The Bertz CT molecular complexity index is 224. The maximum atomic E-state index is 5.63. The van der Waals surface area contributed by atoms with Gasteiger partial charge < -0.3 is 16.8 Å². The summed E-state index contributed by atoms with van der Waals surface area (Å²) < 4.78 is 0. The Morgan fingerprint density at radius 3 is 3.00 bits per heavy atom. The van der Waals surface area contributed by atoms with Crippen LogP contribution in [0.25, 0.3) is 0 Å². The molecule has 0 aliphatic rings. The summed E-state index contributed by atoms with van der Waals surface area (Å²) in [6, 6.07) is 3.98. The fraction of sp³-hybridized carbons (Fsp3) is 0.444. The van der Waals surface area contributed by atoms with Crippen molar-refractivity contribution in [1.29, 1.82) is 0 Å².